The molecule has 0 saturated heterocycles. The van der Waals surface area contributed by atoms with Crippen molar-refractivity contribution in [3.05, 3.63) is 34.6 Å². The third-order valence-electron chi connectivity index (χ3n) is 4.90. The highest BCUT2D eigenvalue weighted by Gasteiger charge is 2.30. The fourth-order valence-electron chi connectivity index (χ4n) is 3.58. The van der Waals surface area contributed by atoms with Gasteiger partial charge in [0, 0.05) is 0 Å². The molecule has 0 heterocycles. The zero-order valence-electron chi connectivity index (χ0n) is 12.6. The summed E-state index contributed by atoms with van der Waals surface area (Å²) in [7, 11) is 0. The molecule has 0 amide bonds. The van der Waals surface area contributed by atoms with Crippen molar-refractivity contribution in [3.63, 3.8) is 0 Å². The molecule has 1 aliphatic rings. The number of aryl methyl sites for hydroxylation is 1. The molecule has 0 radical (unpaired) electrons. The second kappa shape index (κ2) is 7.45. The number of hydrogen-bond donors (Lipinski definition) is 0. The summed E-state index contributed by atoms with van der Waals surface area (Å²) in [4.78, 5) is 0. The molecule has 1 aromatic carbocycles. The van der Waals surface area contributed by atoms with Gasteiger partial charge in [0.2, 0.25) is 0 Å². The van der Waals surface area contributed by atoms with Crippen molar-refractivity contribution in [1.29, 1.82) is 0 Å². The minimum absolute atomic E-state index is 0.229. The van der Waals surface area contributed by atoms with E-state index in [-0.39, 0.29) is 10.8 Å². The lowest BCUT2D eigenvalue weighted by Gasteiger charge is -2.38. The largest absolute Gasteiger partial charge is 0.205 e. The fraction of sp³-hybridized carbons (Fsp3) is 0.667. The number of benzene rings is 1. The van der Waals surface area contributed by atoms with Gasteiger partial charge in [-0.15, -0.1) is 0 Å². The third kappa shape index (κ3) is 4.22. The third-order valence-corrected chi connectivity index (χ3v) is 5.21. The van der Waals surface area contributed by atoms with E-state index in [1.54, 1.807) is 12.1 Å². The Bertz CT molecular complexity index is 421. The minimum atomic E-state index is -0.282. The van der Waals surface area contributed by atoms with Crippen LogP contribution in [-0.4, -0.2) is 0 Å². The summed E-state index contributed by atoms with van der Waals surface area (Å²) < 4.78 is 13.5. The van der Waals surface area contributed by atoms with Crippen molar-refractivity contribution < 1.29 is 4.39 Å². The zero-order chi connectivity index (χ0) is 14.4. The summed E-state index contributed by atoms with van der Waals surface area (Å²) in [5, 5.41) is 0.229. The van der Waals surface area contributed by atoms with E-state index in [1.165, 1.54) is 57.8 Å². The smallest absolute Gasteiger partial charge is 0.142 e. The van der Waals surface area contributed by atoms with Crippen molar-refractivity contribution in [2.75, 3.05) is 0 Å². The Morgan fingerprint density at radius 2 is 1.90 bits per heavy atom. The molecular weight excluding hydrogens is 271 g/mol. The van der Waals surface area contributed by atoms with Crippen LogP contribution in [0.3, 0.4) is 0 Å². The molecule has 2 rings (SSSR count). The van der Waals surface area contributed by atoms with Gasteiger partial charge in [-0.3, -0.25) is 0 Å². The van der Waals surface area contributed by atoms with Crippen molar-refractivity contribution in [2.24, 2.45) is 5.41 Å². The van der Waals surface area contributed by atoms with E-state index >= 15 is 0 Å². The van der Waals surface area contributed by atoms with E-state index in [2.05, 4.69) is 6.92 Å². The normalized spacial score (nSPS) is 18.1. The maximum atomic E-state index is 13.5. The monoisotopic (exact) mass is 296 g/mol. The van der Waals surface area contributed by atoms with Crippen LogP contribution in [0, 0.1) is 11.2 Å². The Morgan fingerprint density at radius 3 is 2.55 bits per heavy atom. The molecule has 0 nitrogen and oxygen atoms in total. The topological polar surface area (TPSA) is 0 Å². The van der Waals surface area contributed by atoms with Gasteiger partial charge in [-0.25, -0.2) is 4.39 Å². The van der Waals surface area contributed by atoms with Gasteiger partial charge in [-0.1, -0.05) is 56.7 Å². The summed E-state index contributed by atoms with van der Waals surface area (Å²) >= 11 is 5.75. The summed E-state index contributed by atoms with van der Waals surface area (Å²) in [5.74, 6) is -0.282. The second-order valence-corrected chi connectivity index (χ2v) is 6.82. The molecule has 0 N–H and O–H groups in total. The van der Waals surface area contributed by atoms with Crippen molar-refractivity contribution in [1.82, 2.24) is 0 Å². The Balaban J connectivity index is 1.98. The average molecular weight is 297 g/mol. The van der Waals surface area contributed by atoms with Gasteiger partial charge in [0.1, 0.15) is 5.82 Å². The van der Waals surface area contributed by atoms with E-state index in [0.29, 0.717) is 5.41 Å². The molecule has 0 aliphatic heterocycles. The minimum Gasteiger partial charge on any atom is -0.205 e. The fourth-order valence-corrected chi connectivity index (χ4v) is 3.70. The predicted molar refractivity (Wildman–Crippen MR) is 84.8 cm³/mol. The van der Waals surface area contributed by atoms with Crippen molar-refractivity contribution in [2.45, 2.75) is 71.1 Å². The molecule has 1 aromatic rings. The standard InChI is InChI=1S/C18H26ClF/c1-2-3-10-18(11-5-4-6-12-18)13-9-15-7-8-16(19)17(20)14-15/h7-8,14H,2-6,9-13H2,1H3. The number of halogens is 2. The molecule has 20 heavy (non-hydrogen) atoms. The van der Waals surface area contributed by atoms with Gasteiger partial charge >= 0.3 is 0 Å². The van der Waals surface area contributed by atoms with E-state index in [1.807, 2.05) is 6.07 Å². The average Bonchev–Trinajstić information content (AvgIpc) is 2.48. The molecule has 0 spiro atoms. The number of hydrogen-bond acceptors (Lipinski definition) is 0. The first-order valence-corrected chi connectivity index (χ1v) is 8.47. The Morgan fingerprint density at radius 1 is 1.15 bits per heavy atom. The molecule has 1 fully saturated rings. The van der Waals surface area contributed by atoms with Gasteiger partial charge in [0.15, 0.2) is 0 Å². The van der Waals surface area contributed by atoms with Crippen LogP contribution in [0.4, 0.5) is 4.39 Å². The van der Waals surface area contributed by atoms with Crippen LogP contribution in [0.5, 0.6) is 0 Å². The van der Waals surface area contributed by atoms with Crippen LogP contribution in [0.15, 0.2) is 18.2 Å². The first-order valence-electron chi connectivity index (χ1n) is 8.09. The van der Waals surface area contributed by atoms with Crippen molar-refractivity contribution in [3.8, 4) is 0 Å². The molecule has 0 bridgehead atoms. The molecule has 0 atom stereocenters. The van der Waals surface area contributed by atoms with E-state index < -0.39 is 0 Å². The lowest BCUT2D eigenvalue weighted by molar-refractivity contribution is 0.153. The maximum Gasteiger partial charge on any atom is 0.142 e. The van der Waals surface area contributed by atoms with Crippen LogP contribution in [0.25, 0.3) is 0 Å². The Labute approximate surface area is 127 Å². The zero-order valence-corrected chi connectivity index (χ0v) is 13.3. The lowest BCUT2D eigenvalue weighted by atomic mass is 9.68. The lowest BCUT2D eigenvalue weighted by Crippen LogP contribution is -2.25. The number of unbranched alkanes of at least 4 members (excludes halogenated alkanes) is 1. The summed E-state index contributed by atoms with van der Waals surface area (Å²) in [6, 6.07) is 5.27. The quantitative estimate of drug-likeness (QED) is 0.558. The molecule has 1 aliphatic carbocycles. The SMILES string of the molecule is CCCCC1(CCc2ccc(Cl)c(F)c2)CCCCC1. The van der Waals surface area contributed by atoms with Gasteiger partial charge < -0.3 is 0 Å². The van der Waals surface area contributed by atoms with Crippen LogP contribution >= 0.6 is 11.6 Å². The second-order valence-electron chi connectivity index (χ2n) is 6.41. The highest BCUT2D eigenvalue weighted by Crippen LogP contribution is 2.44. The maximum absolute atomic E-state index is 13.5. The molecule has 0 aromatic heterocycles. The summed E-state index contributed by atoms with van der Waals surface area (Å²) in [5.41, 5.74) is 1.61. The van der Waals surface area contributed by atoms with Crippen LogP contribution in [-0.2, 0) is 6.42 Å². The van der Waals surface area contributed by atoms with E-state index in [4.69, 9.17) is 11.6 Å². The predicted octanol–water partition coefficient (Wildman–Crippen LogP) is 6.55. The van der Waals surface area contributed by atoms with Crippen LogP contribution < -0.4 is 0 Å². The van der Waals surface area contributed by atoms with Crippen LogP contribution in [0.1, 0.15) is 70.3 Å². The Kier molecular flexibility index (Phi) is 5.89. The molecule has 1 saturated carbocycles. The molecule has 2 heteroatoms. The van der Waals surface area contributed by atoms with E-state index in [9.17, 15) is 4.39 Å². The summed E-state index contributed by atoms with van der Waals surface area (Å²) in [6.07, 6.45) is 13.0. The summed E-state index contributed by atoms with van der Waals surface area (Å²) in [6.45, 7) is 2.27. The van der Waals surface area contributed by atoms with Crippen molar-refractivity contribution >= 4 is 11.6 Å². The van der Waals surface area contributed by atoms with Gasteiger partial charge in [0.25, 0.3) is 0 Å². The van der Waals surface area contributed by atoms with E-state index in [0.717, 1.165) is 12.0 Å². The highest BCUT2D eigenvalue weighted by atomic mass is 35.5. The Hall–Kier alpha value is -0.560. The van der Waals surface area contributed by atoms with Gasteiger partial charge in [-0.05, 0) is 55.2 Å². The number of rotatable bonds is 6. The molecule has 0 unspecified atom stereocenters. The van der Waals surface area contributed by atoms with Gasteiger partial charge in [-0.2, -0.15) is 0 Å². The molecule has 112 valence electrons. The first kappa shape index (κ1) is 15.8. The molecular formula is C18H26ClF. The van der Waals surface area contributed by atoms with Gasteiger partial charge in [0.05, 0.1) is 5.02 Å². The van der Waals surface area contributed by atoms with Crippen LogP contribution in [0.2, 0.25) is 5.02 Å². The highest BCUT2D eigenvalue weighted by molar-refractivity contribution is 6.30. The first-order chi connectivity index (χ1) is 9.65.